The highest BCUT2D eigenvalue weighted by molar-refractivity contribution is 6.30. The molecule has 0 saturated carbocycles. The molecule has 9 heteroatoms. The standard InChI is InChI=1S/C24H22ClF3N3O2/c1-2-23(18-6-4-3-5-7-18)20-14-19(25)8-9-21(20)30(15-17-10-12-29(33)13-11-17)22(32)31(23)16-24(26,27)28/h3-14,33H,2,15-16H2,1H3/q+1. The summed E-state index contributed by atoms with van der Waals surface area (Å²) < 4.78 is 42.2. The van der Waals surface area contributed by atoms with Gasteiger partial charge in [0.15, 0.2) is 0 Å². The zero-order chi connectivity index (χ0) is 23.8. The van der Waals surface area contributed by atoms with Crippen LogP contribution in [0.25, 0.3) is 0 Å². The summed E-state index contributed by atoms with van der Waals surface area (Å²) in [5.41, 5.74) is 0.893. The molecule has 1 aliphatic heterocycles. The molecular formula is C24H22ClF3N3O2+. The van der Waals surface area contributed by atoms with Gasteiger partial charge < -0.3 is 4.90 Å². The number of anilines is 1. The minimum Gasteiger partial charge on any atom is -0.301 e. The van der Waals surface area contributed by atoms with Gasteiger partial charge in [0.2, 0.25) is 12.4 Å². The van der Waals surface area contributed by atoms with E-state index in [4.69, 9.17) is 11.6 Å². The molecule has 172 valence electrons. The van der Waals surface area contributed by atoms with Crippen molar-refractivity contribution in [1.82, 2.24) is 4.90 Å². The molecule has 0 spiro atoms. The molecule has 0 radical (unpaired) electrons. The summed E-state index contributed by atoms with van der Waals surface area (Å²) in [6.07, 6.45) is -1.61. The fourth-order valence-corrected chi connectivity index (χ4v) is 4.69. The molecule has 0 fully saturated rings. The second-order valence-corrected chi connectivity index (χ2v) is 8.33. The number of alkyl halides is 3. The topological polar surface area (TPSA) is 47.7 Å². The van der Waals surface area contributed by atoms with E-state index < -0.39 is 24.3 Å². The number of amides is 2. The van der Waals surface area contributed by atoms with E-state index in [0.717, 1.165) is 9.63 Å². The number of benzene rings is 2. The molecule has 0 bridgehead atoms. The van der Waals surface area contributed by atoms with E-state index in [1.807, 2.05) is 0 Å². The lowest BCUT2D eigenvalue weighted by molar-refractivity contribution is -0.904. The SMILES string of the molecule is CCC1(c2ccccc2)c2cc(Cl)ccc2N(Cc2cc[n+](O)cc2)C(=O)N1CC(F)(F)F. The van der Waals surface area contributed by atoms with E-state index in [2.05, 4.69) is 0 Å². The maximum absolute atomic E-state index is 13.8. The molecule has 1 unspecified atom stereocenters. The molecule has 2 aromatic carbocycles. The van der Waals surface area contributed by atoms with E-state index in [-0.39, 0.29) is 13.0 Å². The molecule has 0 saturated heterocycles. The monoisotopic (exact) mass is 476 g/mol. The van der Waals surface area contributed by atoms with Gasteiger partial charge in [-0.05, 0) is 35.7 Å². The van der Waals surface area contributed by atoms with Crippen LogP contribution in [-0.4, -0.2) is 28.9 Å². The van der Waals surface area contributed by atoms with Crippen molar-refractivity contribution >= 4 is 23.3 Å². The van der Waals surface area contributed by atoms with Crippen LogP contribution in [0.2, 0.25) is 5.02 Å². The minimum absolute atomic E-state index is 0.0250. The number of hydrogen-bond donors (Lipinski definition) is 1. The Balaban J connectivity index is 1.96. The Morgan fingerprint density at radius 2 is 1.73 bits per heavy atom. The minimum atomic E-state index is -4.61. The van der Waals surface area contributed by atoms with Gasteiger partial charge in [0, 0.05) is 27.4 Å². The molecule has 0 aliphatic carbocycles. The summed E-state index contributed by atoms with van der Waals surface area (Å²) in [4.78, 5) is 16.0. The molecule has 3 aromatic rings. The Kier molecular flexibility index (Phi) is 5.97. The van der Waals surface area contributed by atoms with Crippen LogP contribution in [0, 0.1) is 0 Å². The number of hydrogen-bond acceptors (Lipinski definition) is 2. The Hall–Kier alpha value is -3.26. The first-order valence-electron chi connectivity index (χ1n) is 10.4. The van der Waals surface area contributed by atoms with Crippen LogP contribution in [0.1, 0.15) is 30.0 Å². The fourth-order valence-electron chi connectivity index (χ4n) is 4.52. The molecule has 33 heavy (non-hydrogen) atoms. The second-order valence-electron chi connectivity index (χ2n) is 7.90. The lowest BCUT2D eigenvalue weighted by Gasteiger charge is -2.51. The van der Waals surface area contributed by atoms with E-state index in [1.165, 1.54) is 17.3 Å². The summed E-state index contributed by atoms with van der Waals surface area (Å²) >= 11 is 6.32. The third-order valence-corrected chi connectivity index (χ3v) is 6.18. The largest absolute Gasteiger partial charge is 0.406 e. The lowest BCUT2D eigenvalue weighted by Crippen LogP contribution is -2.61. The average Bonchev–Trinajstić information content (AvgIpc) is 2.78. The highest BCUT2D eigenvalue weighted by Crippen LogP contribution is 2.49. The summed E-state index contributed by atoms with van der Waals surface area (Å²) in [6.45, 7) is 0.376. The number of pyridine rings is 1. The van der Waals surface area contributed by atoms with Gasteiger partial charge in [-0.15, -0.1) is 0 Å². The maximum Gasteiger partial charge on any atom is 0.406 e. The van der Waals surface area contributed by atoms with Gasteiger partial charge in [-0.25, -0.2) is 4.79 Å². The van der Waals surface area contributed by atoms with Crippen LogP contribution in [0.15, 0.2) is 73.1 Å². The van der Waals surface area contributed by atoms with Crippen molar-refractivity contribution in [2.45, 2.75) is 31.6 Å². The molecule has 2 heterocycles. The quantitative estimate of drug-likeness (QED) is 0.389. The second kappa shape index (κ2) is 8.59. The van der Waals surface area contributed by atoms with Crippen molar-refractivity contribution in [3.63, 3.8) is 0 Å². The Bertz CT molecular complexity index is 1160. The Labute approximate surface area is 194 Å². The van der Waals surface area contributed by atoms with E-state index in [0.29, 0.717) is 27.4 Å². The van der Waals surface area contributed by atoms with E-state index in [1.54, 1.807) is 67.6 Å². The van der Waals surface area contributed by atoms with Crippen LogP contribution in [0.5, 0.6) is 0 Å². The van der Waals surface area contributed by atoms with E-state index >= 15 is 0 Å². The Morgan fingerprint density at radius 3 is 2.33 bits per heavy atom. The summed E-state index contributed by atoms with van der Waals surface area (Å²) in [6, 6.07) is 16.1. The van der Waals surface area contributed by atoms with Gasteiger partial charge in [0.05, 0.1) is 17.8 Å². The average molecular weight is 477 g/mol. The van der Waals surface area contributed by atoms with Crippen LogP contribution < -0.4 is 9.63 Å². The number of urea groups is 1. The zero-order valence-electron chi connectivity index (χ0n) is 17.8. The smallest absolute Gasteiger partial charge is 0.301 e. The number of nitrogens with zero attached hydrogens (tertiary/aromatic N) is 3. The van der Waals surface area contributed by atoms with Crippen LogP contribution in [-0.2, 0) is 12.1 Å². The summed E-state index contributed by atoms with van der Waals surface area (Å²) in [7, 11) is 0. The molecule has 1 N–H and O–H groups in total. The van der Waals surface area contributed by atoms with Gasteiger partial charge in [-0.2, -0.15) is 13.2 Å². The van der Waals surface area contributed by atoms with Crippen LogP contribution in [0.3, 0.4) is 0 Å². The molecule has 1 aromatic heterocycles. The van der Waals surface area contributed by atoms with Gasteiger partial charge in [0.1, 0.15) is 6.54 Å². The number of fused-ring (bicyclic) bond motifs is 1. The highest BCUT2D eigenvalue weighted by Gasteiger charge is 2.52. The number of carbonyl (C=O) groups excluding carboxylic acids is 1. The van der Waals surface area contributed by atoms with Gasteiger partial charge in [-0.1, -0.05) is 48.9 Å². The van der Waals surface area contributed by atoms with E-state index in [9.17, 15) is 23.2 Å². The first-order valence-corrected chi connectivity index (χ1v) is 10.7. The van der Waals surface area contributed by atoms with Crippen molar-refractivity contribution in [3.05, 3.63) is 94.8 Å². The zero-order valence-corrected chi connectivity index (χ0v) is 18.5. The predicted octanol–water partition coefficient (Wildman–Crippen LogP) is 5.52. The lowest BCUT2D eigenvalue weighted by atomic mass is 9.76. The number of aromatic nitrogens is 1. The summed E-state index contributed by atoms with van der Waals surface area (Å²) in [5, 5.41) is 9.85. The number of rotatable bonds is 5. The molecule has 2 amide bonds. The maximum atomic E-state index is 13.8. The highest BCUT2D eigenvalue weighted by atomic mass is 35.5. The van der Waals surface area contributed by atoms with Crippen molar-refractivity contribution < 1.29 is 27.9 Å². The molecule has 1 aliphatic rings. The number of carbonyl (C=O) groups is 1. The Morgan fingerprint density at radius 1 is 1.06 bits per heavy atom. The molecule has 5 nitrogen and oxygen atoms in total. The van der Waals surface area contributed by atoms with Crippen molar-refractivity contribution in [1.29, 1.82) is 0 Å². The van der Waals surface area contributed by atoms with Crippen molar-refractivity contribution in [3.8, 4) is 0 Å². The van der Waals surface area contributed by atoms with Gasteiger partial charge >= 0.3 is 12.2 Å². The first kappa shape index (κ1) is 22.9. The van der Waals surface area contributed by atoms with Crippen LogP contribution >= 0.6 is 11.6 Å². The van der Waals surface area contributed by atoms with Crippen molar-refractivity contribution in [2.75, 3.05) is 11.4 Å². The molecular weight excluding hydrogens is 455 g/mol. The van der Waals surface area contributed by atoms with Crippen molar-refractivity contribution in [2.24, 2.45) is 0 Å². The van der Waals surface area contributed by atoms with Gasteiger partial charge in [0.25, 0.3) is 0 Å². The predicted molar refractivity (Wildman–Crippen MR) is 117 cm³/mol. The number of halogens is 4. The first-order chi connectivity index (χ1) is 15.7. The third kappa shape index (κ3) is 4.23. The molecule has 1 atom stereocenters. The molecule has 4 rings (SSSR count). The fraction of sp³-hybridized carbons (Fsp3) is 0.250. The van der Waals surface area contributed by atoms with Crippen LogP contribution in [0.4, 0.5) is 23.7 Å². The normalized spacial score (nSPS) is 18.4. The van der Waals surface area contributed by atoms with Gasteiger partial charge in [-0.3, -0.25) is 10.1 Å². The third-order valence-electron chi connectivity index (χ3n) is 5.94. The summed E-state index contributed by atoms with van der Waals surface area (Å²) in [5.74, 6) is 0.